The van der Waals surface area contributed by atoms with Gasteiger partial charge in [0.05, 0.1) is 17.1 Å². The van der Waals surface area contributed by atoms with E-state index in [4.69, 9.17) is 5.26 Å². The van der Waals surface area contributed by atoms with E-state index >= 15 is 0 Å². The number of carbonyl (C=O) groups excluding carboxylic acids is 1. The molecule has 0 saturated heterocycles. The number of nitrogens with zero attached hydrogens (tertiary/aromatic N) is 3. The van der Waals surface area contributed by atoms with Crippen LogP contribution in [0.25, 0.3) is 0 Å². The second-order valence-electron chi connectivity index (χ2n) is 6.27. The number of hydrogen-bond donors (Lipinski definition) is 2. The molecule has 0 radical (unpaired) electrons. The predicted octanol–water partition coefficient (Wildman–Crippen LogP) is 3.25. The molecular formula is C20H16F2N4O4S2. The van der Waals surface area contributed by atoms with Crippen LogP contribution in [0.5, 0.6) is 5.75 Å². The van der Waals surface area contributed by atoms with Gasteiger partial charge in [-0.3, -0.25) is 4.79 Å². The van der Waals surface area contributed by atoms with E-state index in [-0.39, 0.29) is 18.0 Å². The van der Waals surface area contributed by atoms with Crippen LogP contribution < -0.4 is 15.0 Å². The minimum atomic E-state index is -2.97. The van der Waals surface area contributed by atoms with Crippen LogP contribution in [0, 0.1) is 11.3 Å². The van der Waals surface area contributed by atoms with Crippen molar-refractivity contribution in [1.82, 2.24) is 10.3 Å². The number of benzene rings is 2. The molecule has 0 aliphatic heterocycles. The molecule has 12 heteroatoms. The standard InChI is InChI=1S/C20H16F2N4O4S2/c21-20(22)30-16-3-1-2-14(8-16)10-26(15-6-4-13(9-23)5-7-15)19-17(24-11-31-19)18(27)25-12-32(28)29/h1-8,11,20,32H,10,12H2,(H,25,27). The molecule has 32 heavy (non-hydrogen) atoms. The number of nitrogens with one attached hydrogen (secondary N) is 1. The van der Waals surface area contributed by atoms with Gasteiger partial charge in [0.25, 0.3) is 5.91 Å². The molecule has 0 atom stereocenters. The maximum absolute atomic E-state index is 12.6. The average Bonchev–Trinajstić information content (AvgIpc) is 3.25. The molecule has 0 bridgehead atoms. The fraction of sp³-hybridized carbons (Fsp3) is 0.150. The topological polar surface area (TPSA) is 112 Å². The summed E-state index contributed by atoms with van der Waals surface area (Å²) in [7, 11) is -2.81. The molecule has 0 aliphatic rings. The number of amides is 1. The molecule has 0 saturated carbocycles. The van der Waals surface area contributed by atoms with Crippen LogP contribution in [-0.2, 0) is 17.2 Å². The Morgan fingerprint density at radius 2 is 2.00 bits per heavy atom. The summed E-state index contributed by atoms with van der Waals surface area (Å²) in [5.41, 5.74) is 3.10. The Hall–Kier alpha value is -3.56. The van der Waals surface area contributed by atoms with Gasteiger partial charge in [0.2, 0.25) is 0 Å². The Morgan fingerprint density at radius 1 is 1.25 bits per heavy atom. The van der Waals surface area contributed by atoms with Crippen molar-refractivity contribution >= 4 is 38.6 Å². The van der Waals surface area contributed by atoms with Gasteiger partial charge in [0.15, 0.2) is 16.4 Å². The normalized spacial score (nSPS) is 10.7. The fourth-order valence-corrected chi connectivity index (χ4v) is 3.89. The van der Waals surface area contributed by atoms with Crippen molar-refractivity contribution in [1.29, 1.82) is 5.26 Å². The number of alkyl halides is 2. The summed E-state index contributed by atoms with van der Waals surface area (Å²) in [6, 6.07) is 14.7. The van der Waals surface area contributed by atoms with E-state index in [1.165, 1.54) is 17.6 Å². The largest absolute Gasteiger partial charge is 0.435 e. The van der Waals surface area contributed by atoms with E-state index in [9.17, 15) is 22.0 Å². The second-order valence-corrected chi connectivity index (χ2v) is 8.09. The summed E-state index contributed by atoms with van der Waals surface area (Å²) >= 11 is 1.15. The van der Waals surface area contributed by atoms with Crippen LogP contribution in [0.15, 0.2) is 54.0 Å². The minimum absolute atomic E-state index is 0.0104. The van der Waals surface area contributed by atoms with Gasteiger partial charge in [-0.2, -0.15) is 14.0 Å². The van der Waals surface area contributed by atoms with Crippen LogP contribution in [-0.4, -0.2) is 31.8 Å². The van der Waals surface area contributed by atoms with Crippen molar-refractivity contribution in [2.24, 2.45) is 0 Å². The molecule has 8 nitrogen and oxygen atoms in total. The lowest BCUT2D eigenvalue weighted by Crippen LogP contribution is -2.27. The number of carbonyl (C=O) groups is 1. The minimum Gasteiger partial charge on any atom is -0.435 e. The molecule has 0 unspecified atom stereocenters. The van der Waals surface area contributed by atoms with Gasteiger partial charge in [0.1, 0.15) is 16.6 Å². The van der Waals surface area contributed by atoms with E-state index in [0.29, 0.717) is 21.8 Å². The number of nitriles is 1. The number of hydrogen-bond acceptors (Lipinski definition) is 8. The van der Waals surface area contributed by atoms with E-state index in [2.05, 4.69) is 15.0 Å². The first kappa shape index (κ1) is 23.1. The zero-order valence-corrected chi connectivity index (χ0v) is 18.0. The number of thiol groups is 1. The SMILES string of the molecule is N#Cc1ccc(N(Cc2cccc(OC(F)F)c2)c2scnc2C(=O)NC[SH](=O)=O)cc1. The lowest BCUT2D eigenvalue weighted by Gasteiger charge is -2.24. The van der Waals surface area contributed by atoms with E-state index in [0.717, 1.165) is 11.3 Å². The van der Waals surface area contributed by atoms with Crippen LogP contribution in [0.2, 0.25) is 0 Å². The maximum Gasteiger partial charge on any atom is 0.387 e. The highest BCUT2D eigenvalue weighted by Crippen LogP contribution is 2.34. The third-order valence-electron chi connectivity index (χ3n) is 4.15. The highest BCUT2D eigenvalue weighted by molar-refractivity contribution is 7.72. The van der Waals surface area contributed by atoms with Gasteiger partial charge in [-0.1, -0.05) is 12.1 Å². The molecule has 1 heterocycles. The lowest BCUT2D eigenvalue weighted by molar-refractivity contribution is -0.0498. The Bertz CT molecular complexity index is 1200. The quantitative estimate of drug-likeness (QED) is 0.454. The Balaban J connectivity index is 1.98. The van der Waals surface area contributed by atoms with Gasteiger partial charge in [0, 0.05) is 12.2 Å². The van der Waals surface area contributed by atoms with Crippen molar-refractivity contribution < 1.29 is 26.7 Å². The highest BCUT2D eigenvalue weighted by Gasteiger charge is 2.22. The zero-order valence-electron chi connectivity index (χ0n) is 16.3. The monoisotopic (exact) mass is 478 g/mol. The Kier molecular flexibility index (Phi) is 7.69. The summed E-state index contributed by atoms with van der Waals surface area (Å²) in [5, 5.41) is 11.8. The maximum atomic E-state index is 12.6. The zero-order chi connectivity index (χ0) is 23.1. The third-order valence-corrected chi connectivity index (χ3v) is 5.41. The van der Waals surface area contributed by atoms with Crippen molar-refractivity contribution in [3.05, 3.63) is 70.9 Å². The van der Waals surface area contributed by atoms with Crippen LogP contribution in [0.3, 0.4) is 0 Å². The molecule has 0 spiro atoms. The van der Waals surface area contributed by atoms with E-state index < -0.39 is 29.1 Å². The number of anilines is 2. The van der Waals surface area contributed by atoms with Crippen molar-refractivity contribution in [2.45, 2.75) is 13.2 Å². The fourth-order valence-electron chi connectivity index (χ4n) is 2.81. The number of thiazole rings is 1. The van der Waals surface area contributed by atoms with Crippen molar-refractivity contribution in [2.75, 3.05) is 10.8 Å². The summed E-state index contributed by atoms with van der Waals surface area (Å²) in [6.07, 6.45) is 0. The first-order valence-electron chi connectivity index (χ1n) is 9.02. The third kappa shape index (κ3) is 5.99. The molecular weight excluding hydrogens is 462 g/mol. The second kappa shape index (κ2) is 10.7. The number of rotatable bonds is 9. The van der Waals surface area contributed by atoms with Crippen LogP contribution >= 0.6 is 11.3 Å². The van der Waals surface area contributed by atoms with Gasteiger partial charge < -0.3 is 15.0 Å². The van der Waals surface area contributed by atoms with Crippen LogP contribution in [0.1, 0.15) is 21.6 Å². The van der Waals surface area contributed by atoms with E-state index in [1.54, 1.807) is 41.3 Å². The molecule has 0 fully saturated rings. The summed E-state index contributed by atoms with van der Waals surface area (Å²) in [5.74, 6) is -1.22. The van der Waals surface area contributed by atoms with Gasteiger partial charge in [-0.15, -0.1) is 11.3 Å². The molecule has 2 aromatic carbocycles. The summed E-state index contributed by atoms with van der Waals surface area (Å²) in [4.78, 5) is 18.3. The first-order valence-corrected chi connectivity index (χ1v) is 11.3. The molecule has 166 valence electrons. The lowest BCUT2D eigenvalue weighted by atomic mass is 10.1. The average molecular weight is 479 g/mol. The molecule has 1 aromatic heterocycles. The Labute approximate surface area is 187 Å². The Morgan fingerprint density at radius 3 is 2.66 bits per heavy atom. The van der Waals surface area contributed by atoms with Crippen molar-refractivity contribution in [3.8, 4) is 11.8 Å². The molecule has 3 aromatic rings. The number of aromatic nitrogens is 1. The smallest absolute Gasteiger partial charge is 0.387 e. The summed E-state index contributed by atoms with van der Waals surface area (Å²) < 4.78 is 51.3. The molecule has 0 aliphatic carbocycles. The van der Waals surface area contributed by atoms with E-state index in [1.807, 2.05) is 6.07 Å². The highest BCUT2D eigenvalue weighted by atomic mass is 32.2. The van der Waals surface area contributed by atoms with Gasteiger partial charge in [-0.05, 0) is 42.0 Å². The van der Waals surface area contributed by atoms with Gasteiger partial charge in [-0.25, -0.2) is 13.4 Å². The van der Waals surface area contributed by atoms with Crippen molar-refractivity contribution in [3.63, 3.8) is 0 Å². The van der Waals surface area contributed by atoms with Crippen LogP contribution in [0.4, 0.5) is 19.5 Å². The summed E-state index contributed by atoms with van der Waals surface area (Å²) in [6.45, 7) is -2.81. The number of halogens is 2. The molecule has 1 amide bonds. The molecule has 3 rings (SSSR count). The molecule has 1 N–H and O–H groups in total. The number of ether oxygens (including phenoxy) is 1. The predicted molar refractivity (Wildman–Crippen MR) is 115 cm³/mol. The van der Waals surface area contributed by atoms with Gasteiger partial charge >= 0.3 is 6.61 Å². The first-order chi connectivity index (χ1) is 15.4.